The number of nitrogens with one attached hydrogen (secondary N) is 1. The van der Waals surface area contributed by atoms with Crippen molar-refractivity contribution < 1.29 is 9.67 Å². The van der Waals surface area contributed by atoms with Gasteiger partial charge in [-0.15, -0.1) is 0 Å². The first-order valence-electron chi connectivity index (χ1n) is 12.3. The number of nitrogens with zero attached hydrogens (tertiary/aromatic N) is 4. The summed E-state index contributed by atoms with van der Waals surface area (Å²) >= 11 is 0. The van der Waals surface area contributed by atoms with E-state index in [4.69, 9.17) is 4.98 Å². The van der Waals surface area contributed by atoms with Gasteiger partial charge in [-0.2, -0.15) is 4.98 Å². The third kappa shape index (κ3) is 3.66. The molecule has 176 valence electrons. The average Bonchev–Trinajstić information content (AvgIpc) is 3.58. The van der Waals surface area contributed by atoms with Gasteiger partial charge >= 0.3 is 11.5 Å². The van der Waals surface area contributed by atoms with Crippen LogP contribution in [0.4, 0.5) is 5.95 Å². The highest BCUT2D eigenvalue weighted by Gasteiger charge is 2.47. The van der Waals surface area contributed by atoms with Gasteiger partial charge in [0.25, 0.3) is 0 Å². The number of aromatic hydroxyl groups is 1. The number of phenolic OH excluding ortho intramolecular Hbond substituents is 1. The SMILES string of the molecule is CCn1c2[n+](c3c(nc(C#Cc4ccccc4)n3Cc3ccc(O)cc3)c1=O)CC1(CCCC1)N2. The first kappa shape index (κ1) is 21.5. The van der Waals surface area contributed by atoms with E-state index in [0.29, 0.717) is 24.4 Å². The van der Waals surface area contributed by atoms with E-state index in [0.717, 1.165) is 42.1 Å². The molecule has 7 nitrogen and oxygen atoms in total. The van der Waals surface area contributed by atoms with Crippen molar-refractivity contribution in [2.45, 2.75) is 57.8 Å². The standard InChI is InChI=1S/C28H27N5O2/c1-2-31-26(35)24-25(33-19-28(30-27(31)33)16-6-7-17-28)32(18-21-10-13-22(34)14-11-21)23(29-24)15-12-20-8-4-3-5-9-20/h3-5,8-11,13-14,34H,2,6-7,16-19H2,1H3/p+1. The van der Waals surface area contributed by atoms with E-state index in [1.165, 1.54) is 12.8 Å². The van der Waals surface area contributed by atoms with Crippen LogP contribution in [-0.2, 0) is 19.6 Å². The molecule has 2 aromatic carbocycles. The van der Waals surface area contributed by atoms with Crippen molar-refractivity contribution in [1.29, 1.82) is 0 Å². The molecule has 35 heavy (non-hydrogen) atoms. The molecule has 1 saturated carbocycles. The Kier molecular flexibility index (Phi) is 5.10. The van der Waals surface area contributed by atoms with Crippen molar-refractivity contribution in [2.75, 3.05) is 5.32 Å². The topological polar surface area (TPSA) is 76.0 Å². The predicted octanol–water partition coefficient (Wildman–Crippen LogP) is 3.40. The van der Waals surface area contributed by atoms with Gasteiger partial charge in [0, 0.05) is 5.56 Å². The Morgan fingerprint density at radius 1 is 1.06 bits per heavy atom. The summed E-state index contributed by atoms with van der Waals surface area (Å²) in [7, 11) is 0. The van der Waals surface area contributed by atoms with Gasteiger partial charge in [0.1, 0.15) is 11.3 Å². The Morgan fingerprint density at radius 2 is 1.80 bits per heavy atom. The van der Waals surface area contributed by atoms with E-state index in [1.54, 1.807) is 12.1 Å². The van der Waals surface area contributed by atoms with Gasteiger partial charge in [-0.3, -0.25) is 10.1 Å². The van der Waals surface area contributed by atoms with Crippen LogP contribution >= 0.6 is 0 Å². The molecule has 0 unspecified atom stereocenters. The summed E-state index contributed by atoms with van der Waals surface area (Å²) in [6, 6.07) is 17.0. The van der Waals surface area contributed by atoms with Crippen molar-refractivity contribution in [1.82, 2.24) is 14.1 Å². The van der Waals surface area contributed by atoms with Crippen LogP contribution in [0.3, 0.4) is 0 Å². The number of fused-ring (bicyclic) bond motifs is 3. The number of aromatic nitrogens is 4. The van der Waals surface area contributed by atoms with Gasteiger partial charge in [0.15, 0.2) is 0 Å². The van der Waals surface area contributed by atoms with Crippen molar-refractivity contribution in [3.8, 4) is 17.6 Å². The van der Waals surface area contributed by atoms with Crippen LogP contribution in [0.1, 0.15) is 49.6 Å². The minimum atomic E-state index is -0.0940. The molecule has 1 fully saturated rings. The van der Waals surface area contributed by atoms with Gasteiger partial charge in [-0.25, -0.2) is 13.7 Å². The van der Waals surface area contributed by atoms with E-state index in [9.17, 15) is 9.90 Å². The maximum Gasteiger partial charge on any atom is 0.327 e. The molecule has 2 aromatic heterocycles. The van der Waals surface area contributed by atoms with Crippen LogP contribution in [0, 0.1) is 11.8 Å². The number of rotatable bonds is 3. The van der Waals surface area contributed by atoms with Gasteiger partial charge in [0.05, 0.1) is 19.6 Å². The molecule has 6 rings (SSSR count). The number of imidazole rings is 1. The third-order valence-electron chi connectivity index (χ3n) is 7.24. The van der Waals surface area contributed by atoms with Crippen LogP contribution in [0.5, 0.6) is 5.75 Å². The lowest BCUT2D eigenvalue weighted by Gasteiger charge is -2.18. The molecule has 1 aliphatic carbocycles. The summed E-state index contributed by atoms with van der Waals surface area (Å²) in [5, 5.41) is 13.5. The van der Waals surface area contributed by atoms with Gasteiger partial charge in [-0.1, -0.05) is 36.3 Å². The smallest absolute Gasteiger partial charge is 0.327 e. The Bertz CT molecular complexity index is 1530. The quantitative estimate of drug-likeness (QED) is 0.359. The highest BCUT2D eigenvalue weighted by molar-refractivity contribution is 5.70. The minimum Gasteiger partial charge on any atom is -0.508 e. The fourth-order valence-electron chi connectivity index (χ4n) is 5.50. The monoisotopic (exact) mass is 466 g/mol. The number of hydrogen-bond donors (Lipinski definition) is 2. The van der Waals surface area contributed by atoms with E-state index in [2.05, 4.69) is 26.3 Å². The lowest BCUT2D eigenvalue weighted by molar-refractivity contribution is -0.657. The third-order valence-corrected chi connectivity index (χ3v) is 7.24. The second-order valence-corrected chi connectivity index (χ2v) is 9.55. The van der Waals surface area contributed by atoms with Crippen molar-refractivity contribution in [2.24, 2.45) is 0 Å². The molecule has 4 aromatic rings. The molecule has 0 amide bonds. The Hall–Kier alpha value is -4.05. The van der Waals surface area contributed by atoms with Gasteiger partial charge in [-0.05, 0) is 68.4 Å². The fraction of sp³-hybridized carbons (Fsp3) is 0.321. The zero-order valence-electron chi connectivity index (χ0n) is 19.8. The zero-order chi connectivity index (χ0) is 24.0. The van der Waals surface area contributed by atoms with Crippen LogP contribution in [-0.4, -0.2) is 24.8 Å². The molecule has 1 spiro atoms. The molecular formula is C28H28N5O2+. The van der Waals surface area contributed by atoms with Crippen molar-refractivity contribution in [3.63, 3.8) is 0 Å². The molecule has 2 N–H and O–H groups in total. The average molecular weight is 467 g/mol. The van der Waals surface area contributed by atoms with Gasteiger partial charge in [0.2, 0.25) is 17.0 Å². The number of phenols is 1. The number of hydrogen-bond acceptors (Lipinski definition) is 4. The molecule has 1 aliphatic heterocycles. The van der Waals surface area contributed by atoms with Crippen molar-refractivity contribution >= 4 is 17.1 Å². The summed E-state index contributed by atoms with van der Waals surface area (Å²) in [5.74, 6) is 8.10. The van der Waals surface area contributed by atoms with Crippen LogP contribution in [0.15, 0.2) is 59.4 Å². The predicted molar refractivity (Wildman–Crippen MR) is 134 cm³/mol. The lowest BCUT2D eigenvalue weighted by Crippen LogP contribution is -2.43. The Morgan fingerprint density at radius 3 is 2.51 bits per heavy atom. The molecule has 2 aliphatic rings. The fourth-order valence-corrected chi connectivity index (χ4v) is 5.50. The van der Waals surface area contributed by atoms with Gasteiger partial charge < -0.3 is 5.11 Å². The zero-order valence-corrected chi connectivity index (χ0v) is 19.8. The molecule has 0 atom stereocenters. The van der Waals surface area contributed by atoms with E-state index in [1.807, 2.05) is 54.0 Å². The van der Waals surface area contributed by atoms with Crippen LogP contribution in [0.25, 0.3) is 11.2 Å². The highest BCUT2D eigenvalue weighted by Crippen LogP contribution is 2.36. The summed E-state index contributed by atoms with van der Waals surface area (Å²) in [4.78, 5) is 18.4. The largest absolute Gasteiger partial charge is 0.508 e. The van der Waals surface area contributed by atoms with E-state index in [-0.39, 0.29) is 16.8 Å². The first-order valence-corrected chi connectivity index (χ1v) is 12.3. The number of anilines is 1. The summed E-state index contributed by atoms with van der Waals surface area (Å²) in [5.41, 5.74) is 3.05. The first-order chi connectivity index (χ1) is 17.1. The van der Waals surface area contributed by atoms with E-state index >= 15 is 0 Å². The second kappa shape index (κ2) is 8.31. The summed E-state index contributed by atoms with van der Waals surface area (Å²) in [6.07, 6.45) is 4.59. The van der Waals surface area contributed by atoms with Crippen molar-refractivity contribution in [3.05, 3.63) is 81.9 Å². The summed E-state index contributed by atoms with van der Waals surface area (Å²) < 4.78 is 6.10. The molecule has 0 bridgehead atoms. The number of benzene rings is 2. The van der Waals surface area contributed by atoms with Crippen LogP contribution in [0.2, 0.25) is 0 Å². The second-order valence-electron chi connectivity index (χ2n) is 9.55. The van der Waals surface area contributed by atoms with E-state index < -0.39 is 0 Å². The molecular weight excluding hydrogens is 438 g/mol. The molecule has 7 heteroatoms. The normalized spacial score (nSPS) is 15.7. The Labute approximate surface area is 203 Å². The lowest BCUT2D eigenvalue weighted by atomic mass is 9.99. The van der Waals surface area contributed by atoms with Crippen LogP contribution < -0.4 is 15.4 Å². The Balaban J connectivity index is 1.59. The molecule has 3 heterocycles. The maximum absolute atomic E-state index is 13.6. The molecule has 0 saturated heterocycles. The minimum absolute atomic E-state index is 0.00579. The maximum atomic E-state index is 13.6. The highest BCUT2D eigenvalue weighted by atomic mass is 16.3. The summed E-state index contributed by atoms with van der Waals surface area (Å²) in [6.45, 7) is 3.88. The molecule has 0 radical (unpaired) electrons.